The first-order valence-electron chi connectivity index (χ1n) is 4.24. The van der Waals surface area contributed by atoms with E-state index in [1.165, 1.54) is 0 Å². The molecule has 1 aliphatic carbocycles. The average Bonchev–Trinajstić information content (AvgIpc) is 2.18. The predicted octanol–water partition coefficient (Wildman–Crippen LogP) is 2.07. The summed E-state index contributed by atoms with van der Waals surface area (Å²) >= 11 is 0. The Kier molecular flexibility index (Phi) is 3.27. The highest BCUT2D eigenvalue weighted by molar-refractivity contribution is 5.92. The summed E-state index contributed by atoms with van der Waals surface area (Å²) in [7, 11) is 0. The highest BCUT2D eigenvalue weighted by Crippen LogP contribution is 2.18. The molecule has 0 radical (unpaired) electrons. The van der Waals surface area contributed by atoms with Crippen LogP contribution in [0, 0.1) is 11.3 Å². The summed E-state index contributed by atoms with van der Waals surface area (Å²) in [6.45, 7) is 3.28. The summed E-state index contributed by atoms with van der Waals surface area (Å²) in [4.78, 5) is 11.1. The number of esters is 1. The second kappa shape index (κ2) is 4.46. The van der Waals surface area contributed by atoms with E-state index in [0.29, 0.717) is 5.76 Å². The molecule has 1 rings (SSSR count). The first-order valence-corrected chi connectivity index (χ1v) is 4.24. The predicted molar refractivity (Wildman–Crippen MR) is 47.4 cm³/mol. The highest BCUT2D eigenvalue weighted by Gasteiger charge is 2.12. The van der Waals surface area contributed by atoms with Crippen LogP contribution >= 0.6 is 0 Å². The first-order chi connectivity index (χ1) is 6.24. The maximum Gasteiger partial charge on any atom is 0.353 e. The van der Waals surface area contributed by atoms with Crippen LogP contribution in [0.25, 0.3) is 0 Å². The molecule has 0 aromatic heterocycles. The minimum absolute atomic E-state index is 0.147. The van der Waals surface area contributed by atoms with Crippen LogP contribution in [0.15, 0.2) is 24.0 Å². The molecule has 0 saturated carbocycles. The quantitative estimate of drug-likeness (QED) is 0.368. The normalized spacial score (nSPS) is 15.5. The molecular weight excluding hydrogens is 166 g/mol. The van der Waals surface area contributed by atoms with Gasteiger partial charge in [-0.15, -0.1) is 0 Å². The van der Waals surface area contributed by atoms with Crippen molar-refractivity contribution in [3.8, 4) is 6.07 Å². The zero-order valence-electron chi connectivity index (χ0n) is 7.38. The third-order valence-corrected chi connectivity index (χ3v) is 1.85. The van der Waals surface area contributed by atoms with Crippen molar-refractivity contribution >= 4 is 5.97 Å². The zero-order chi connectivity index (χ0) is 9.68. The van der Waals surface area contributed by atoms with Gasteiger partial charge in [0.1, 0.15) is 17.4 Å². The third-order valence-electron chi connectivity index (χ3n) is 1.85. The standard InChI is InChI=1S/C10H11NO2/c1-8(7-11)10(12)13-9-5-3-2-4-6-9/h5H,1-4,6H2. The monoisotopic (exact) mass is 177 g/mol. The largest absolute Gasteiger partial charge is 0.427 e. The lowest BCUT2D eigenvalue weighted by Crippen LogP contribution is -2.07. The van der Waals surface area contributed by atoms with E-state index in [-0.39, 0.29) is 5.57 Å². The van der Waals surface area contributed by atoms with E-state index in [2.05, 4.69) is 6.58 Å². The van der Waals surface area contributed by atoms with Crippen molar-refractivity contribution in [1.82, 2.24) is 0 Å². The molecule has 13 heavy (non-hydrogen) atoms. The lowest BCUT2D eigenvalue weighted by molar-refractivity contribution is -0.134. The molecule has 0 aromatic rings. The van der Waals surface area contributed by atoms with E-state index >= 15 is 0 Å². The molecule has 0 fully saturated rings. The van der Waals surface area contributed by atoms with E-state index < -0.39 is 5.97 Å². The molecule has 0 aliphatic heterocycles. The van der Waals surface area contributed by atoms with Gasteiger partial charge in [0.2, 0.25) is 0 Å². The number of nitriles is 1. The van der Waals surface area contributed by atoms with Gasteiger partial charge in [0.25, 0.3) is 0 Å². The number of carbonyl (C=O) groups excluding carboxylic acids is 1. The van der Waals surface area contributed by atoms with Crippen LogP contribution in [0.3, 0.4) is 0 Å². The Labute approximate surface area is 77.3 Å². The molecule has 0 unspecified atom stereocenters. The van der Waals surface area contributed by atoms with Crippen LogP contribution in [-0.4, -0.2) is 5.97 Å². The summed E-state index contributed by atoms with van der Waals surface area (Å²) in [6.07, 6.45) is 5.80. The molecule has 0 heterocycles. The molecule has 3 nitrogen and oxygen atoms in total. The van der Waals surface area contributed by atoms with E-state index in [1.807, 2.05) is 6.08 Å². The van der Waals surface area contributed by atoms with Gasteiger partial charge in [-0.05, 0) is 25.3 Å². The van der Waals surface area contributed by atoms with Crippen LogP contribution in [0.5, 0.6) is 0 Å². The van der Waals surface area contributed by atoms with Gasteiger partial charge in [-0.1, -0.05) is 6.58 Å². The van der Waals surface area contributed by atoms with Gasteiger partial charge < -0.3 is 4.74 Å². The second-order valence-corrected chi connectivity index (χ2v) is 2.90. The number of rotatable bonds is 2. The van der Waals surface area contributed by atoms with Gasteiger partial charge >= 0.3 is 5.97 Å². The Balaban J connectivity index is 2.49. The minimum atomic E-state index is -0.629. The minimum Gasteiger partial charge on any atom is -0.427 e. The molecule has 0 N–H and O–H groups in total. The van der Waals surface area contributed by atoms with Crippen molar-refractivity contribution in [3.63, 3.8) is 0 Å². The fourth-order valence-corrected chi connectivity index (χ4v) is 1.13. The summed E-state index contributed by atoms with van der Waals surface area (Å²) in [5, 5.41) is 8.36. The van der Waals surface area contributed by atoms with Gasteiger partial charge in [-0.3, -0.25) is 0 Å². The Morgan fingerprint density at radius 3 is 2.92 bits per heavy atom. The molecular formula is C10H11NO2. The molecule has 0 bridgehead atoms. The van der Waals surface area contributed by atoms with Crippen molar-refractivity contribution in [2.24, 2.45) is 0 Å². The summed E-state index contributed by atoms with van der Waals surface area (Å²) in [5.41, 5.74) is -0.147. The van der Waals surface area contributed by atoms with Crippen molar-refractivity contribution < 1.29 is 9.53 Å². The maximum absolute atomic E-state index is 11.1. The molecule has 0 spiro atoms. The van der Waals surface area contributed by atoms with Crippen molar-refractivity contribution in [1.29, 1.82) is 5.26 Å². The van der Waals surface area contributed by atoms with Gasteiger partial charge in [-0.2, -0.15) is 5.26 Å². The van der Waals surface area contributed by atoms with Gasteiger partial charge in [0.05, 0.1) is 0 Å². The van der Waals surface area contributed by atoms with Gasteiger partial charge in [-0.25, -0.2) is 4.79 Å². The number of nitrogens with zero attached hydrogens (tertiary/aromatic N) is 1. The summed E-state index contributed by atoms with van der Waals surface area (Å²) < 4.78 is 4.94. The van der Waals surface area contributed by atoms with E-state index in [0.717, 1.165) is 25.7 Å². The van der Waals surface area contributed by atoms with Crippen LogP contribution in [0.2, 0.25) is 0 Å². The van der Waals surface area contributed by atoms with Crippen molar-refractivity contribution in [2.45, 2.75) is 25.7 Å². The third kappa shape index (κ3) is 2.75. The Bertz CT molecular complexity index is 297. The molecule has 68 valence electrons. The lowest BCUT2D eigenvalue weighted by Gasteiger charge is -2.11. The SMILES string of the molecule is C=C(C#N)C(=O)OC1=CCCCC1. The Morgan fingerprint density at radius 1 is 1.62 bits per heavy atom. The van der Waals surface area contributed by atoms with E-state index in [1.54, 1.807) is 6.07 Å². The second-order valence-electron chi connectivity index (χ2n) is 2.90. The molecule has 0 amide bonds. The number of hydrogen-bond donors (Lipinski definition) is 0. The molecule has 0 saturated heterocycles. The number of ether oxygens (including phenoxy) is 1. The van der Waals surface area contributed by atoms with Crippen molar-refractivity contribution in [3.05, 3.63) is 24.0 Å². The topological polar surface area (TPSA) is 50.1 Å². The molecule has 0 atom stereocenters. The maximum atomic E-state index is 11.1. The first kappa shape index (κ1) is 9.53. The summed E-state index contributed by atoms with van der Waals surface area (Å²) in [5.74, 6) is 0.0447. The Morgan fingerprint density at radius 2 is 2.38 bits per heavy atom. The van der Waals surface area contributed by atoms with E-state index in [9.17, 15) is 4.79 Å². The zero-order valence-corrected chi connectivity index (χ0v) is 7.38. The van der Waals surface area contributed by atoms with Crippen molar-refractivity contribution in [2.75, 3.05) is 0 Å². The number of carbonyl (C=O) groups is 1. The fourth-order valence-electron chi connectivity index (χ4n) is 1.13. The van der Waals surface area contributed by atoms with Crippen LogP contribution in [-0.2, 0) is 9.53 Å². The van der Waals surface area contributed by atoms with E-state index in [4.69, 9.17) is 10.00 Å². The average molecular weight is 177 g/mol. The molecule has 1 aliphatic rings. The molecule has 0 aromatic carbocycles. The van der Waals surface area contributed by atoms with Crippen LogP contribution < -0.4 is 0 Å². The van der Waals surface area contributed by atoms with Crippen LogP contribution in [0.1, 0.15) is 25.7 Å². The fraction of sp³-hybridized carbons (Fsp3) is 0.400. The summed E-state index contributed by atoms with van der Waals surface area (Å²) in [6, 6.07) is 1.66. The number of hydrogen-bond acceptors (Lipinski definition) is 3. The van der Waals surface area contributed by atoms with Gasteiger partial charge in [0.15, 0.2) is 0 Å². The Hall–Kier alpha value is -1.56. The smallest absolute Gasteiger partial charge is 0.353 e. The lowest BCUT2D eigenvalue weighted by atomic mass is 10.1. The van der Waals surface area contributed by atoms with Crippen LogP contribution in [0.4, 0.5) is 0 Å². The van der Waals surface area contributed by atoms with Gasteiger partial charge in [0, 0.05) is 6.42 Å². The highest BCUT2D eigenvalue weighted by atomic mass is 16.5. The molecule has 3 heteroatoms. The number of allylic oxidation sites excluding steroid dienone is 2.